The van der Waals surface area contributed by atoms with Gasteiger partial charge in [0.25, 0.3) is 0 Å². The van der Waals surface area contributed by atoms with E-state index in [0.29, 0.717) is 6.42 Å². The average Bonchev–Trinajstić information content (AvgIpc) is 2.72. The molecule has 0 aliphatic rings. The summed E-state index contributed by atoms with van der Waals surface area (Å²) in [7, 11) is 0. The first-order chi connectivity index (χ1) is 13.2. The fourth-order valence-electron chi connectivity index (χ4n) is 3.28. The summed E-state index contributed by atoms with van der Waals surface area (Å²) in [5.74, 6) is 0.471. The normalized spacial score (nSPS) is 10.7. The Morgan fingerprint density at radius 1 is 0.444 bits per heavy atom. The summed E-state index contributed by atoms with van der Waals surface area (Å²) in [5, 5.41) is 20.7. The molecule has 0 saturated heterocycles. The van der Waals surface area contributed by atoms with E-state index in [1.807, 2.05) is 84.9 Å². The van der Waals surface area contributed by atoms with E-state index < -0.39 is 0 Å². The minimum atomic E-state index is 0.235. The Morgan fingerprint density at radius 2 is 0.852 bits per heavy atom. The second kappa shape index (κ2) is 7.38. The van der Waals surface area contributed by atoms with Crippen molar-refractivity contribution in [1.82, 2.24) is 0 Å². The zero-order valence-corrected chi connectivity index (χ0v) is 14.8. The lowest BCUT2D eigenvalue weighted by molar-refractivity contribution is 0.463. The first-order valence-electron chi connectivity index (χ1n) is 8.95. The first-order valence-corrected chi connectivity index (χ1v) is 8.95. The number of aromatic hydroxyl groups is 2. The van der Waals surface area contributed by atoms with Crippen LogP contribution in [0, 0.1) is 0 Å². The molecule has 2 heteroatoms. The summed E-state index contributed by atoms with van der Waals surface area (Å²) in [6.45, 7) is 0. The SMILES string of the molecule is Oc1ccc(-c2ccccc2)cc1Cc1cc(-c2ccccc2)ccc1O. The largest absolute Gasteiger partial charge is 0.508 e. The molecule has 0 spiro atoms. The Labute approximate surface area is 159 Å². The number of phenols is 2. The van der Waals surface area contributed by atoms with Crippen LogP contribution in [-0.4, -0.2) is 10.2 Å². The molecule has 0 amide bonds. The third-order valence-corrected chi connectivity index (χ3v) is 4.75. The van der Waals surface area contributed by atoms with E-state index in [-0.39, 0.29) is 11.5 Å². The highest BCUT2D eigenvalue weighted by molar-refractivity contribution is 5.68. The monoisotopic (exact) mass is 352 g/mol. The van der Waals surface area contributed by atoms with Crippen LogP contribution in [0.2, 0.25) is 0 Å². The van der Waals surface area contributed by atoms with E-state index in [0.717, 1.165) is 33.4 Å². The summed E-state index contributed by atoms with van der Waals surface area (Å²) in [5.41, 5.74) is 5.86. The highest BCUT2D eigenvalue weighted by Crippen LogP contribution is 2.32. The molecule has 2 N–H and O–H groups in total. The van der Waals surface area contributed by atoms with E-state index in [4.69, 9.17) is 0 Å². The maximum atomic E-state index is 10.3. The quantitative estimate of drug-likeness (QED) is 0.471. The molecule has 0 aliphatic carbocycles. The molecule has 0 aliphatic heterocycles. The fraction of sp³-hybridized carbons (Fsp3) is 0.0400. The molecule has 27 heavy (non-hydrogen) atoms. The van der Waals surface area contributed by atoms with Crippen molar-refractivity contribution in [2.75, 3.05) is 0 Å². The smallest absolute Gasteiger partial charge is 0.119 e. The van der Waals surface area contributed by atoms with Crippen molar-refractivity contribution in [3.05, 3.63) is 108 Å². The van der Waals surface area contributed by atoms with Crippen molar-refractivity contribution in [3.8, 4) is 33.8 Å². The highest BCUT2D eigenvalue weighted by atomic mass is 16.3. The molecular weight excluding hydrogens is 332 g/mol. The van der Waals surface area contributed by atoms with E-state index >= 15 is 0 Å². The molecule has 0 atom stereocenters. The van der Waals surface area contributed by atoms with Crippen molar-refractivity contribution in [3.63, 3.8) is 0 Å². The Hall–Kier alpha value is -3.52. The Bertz CT molecular complexity index is 967. The van der Waals surface area contributed by atoms with Crippen LogP contribution >= 0.6 is 0 Å². The average molecular weight is 352 g/mol. The van der Waals surface area contributed by atoms with E-state index in [2.05, 4.69) is 0 Å². The molecule has 2 nitrogen and oxygen atoms in total. The van der Waals surface area contributed by atoms with Gasteiger partial charge in [0.2, 0.25) is 0 Å². The van der Waals surface area contributed by atoms with Crippen molar-refractivity contribution >= 4 is 0 Å². The zero-order valence-electron chi connectivity index (χ0n) is 14.8. The van der Waals surface area contributed by atoms with Crippen LogP contribution in [0.25, 0.3) is 22.3 Å². The summed E-state index contributed by atoms with van der Waals surface area (Å²) >= 11 is 0. The molecule has 4 rings (SSSR count). The third-order valence-electron chi connectivity index (χ3n) is 4.75. The van der Waals surface area contributed by atoms with Gasteiger partial charge in [-0.2, -0.15) is 0 Å². The maximum absolute atomic E-state index is 10.3. The first kappa shape index (κ1) is 16.9. The molecule has 0 heterocycles. The molecule has 0 aromatic heterocycles. The number of rotatable bonds is 4. The molecule has 0 radical (unpaired) electrons. The van der Waals surface area contributed by atoms with Crippen LogP contribution in [0.3, 0.4) is 0 Å². The van der Waals surface area contributed by atoms with E-state index in [9.17, 15) is 10.2 Å². The zero-order chi connectivity index (χ0) is 18.6. The van der Waals surface area contributed by atoms with Gasteiger partial charge in [0.05, 0.1) is 0 Å². The van der Waals surface area contributed by atoms with Crippen LogP contribution in [0.1, 0.15) is 11.1 Å². The van der Waals surface area contributed by atoms with Crippen molar-refractivity contribution in [2.24, 2.45) is 0 Å². The molecule has 4 aromatic rings. The van der Waals surface area contributed by atoms with Gasteiger partial charge in [0.15, 0.2) is 0 Å². The summed E-state index contributed by atoms with van der Waals surface area (Å²) in [6.07, 6.45) is 0.457. The molecule has 0 bridgehead atoms. The predicted octanol–water partition coefficient (Wildman–Crippen LogP) is 6.02. The van der Waals surface area contributed by atoms with E-state index in [1.165, 1.54) is 0 Å². The summed E-state index contributed by atoms with van der Waals surface area (Å²) in [6, 6.07) is 31.4. The second-order valence-electron chi connectivity index (χ2n) is 6.60. The van der Waals surface area contributed by atoms with Crippen LogP contribution in [-0.2, 0) is 6.42 Å². The van der Waals surface area contributed by atoms with Gasteiger partial charge < -0.3 is 10.2 Å². The van der Waals surface area contributed by atoms with E-state index in [1.54, 1.807) is 12.1 Å². The minimum Gasteiger partial charge on any atom is -0.508 e. The highest BCUT2D eigenvalue weighted by Gasteiger charge is 2.10. The van der Waals surface area contributed by atoms with Gasteiger partial charge >= 0.3 is 0 Å². The fourth-order valence-corrected chi connectivity index (χ4v) is 3.28. The Kier molecular flexibility index (Phi) is 4.63. The van der Waals surface area contributed by atoms with Gasteiger partial charge in [-0.1, -0.05) is 72.8 Å². The molecule has 4 aromatic carbocycles. The Balaban J connectivity index is 1.70. The number of hydrogen-bond donors (Lipinski definition) is 2. The van der Waals surface area contributed by atoms with Crippen LogP contribution < -0.4 is 0 Å². The van der Waals surface area contributed by atoms with Crippen molar-refractivity contribution in [1.29, 1.82) is 0 Å². The number of hydrogen-bond acceptors (Lipinski definition) is 2. The second-order valence-corrected chi connectivity index (χ2v) is 6.60. The molecule has 132 valence electrons. The Morgan fingerprint density at radius 3 is 1.26 bits per heavy atom. The van der Waals surface area contributed by atoms with Crippen LogP contribution in [0.15, 0.2) is 97.1 Å². The molecule has 0 saturated carbocycles. The van der Waals surface area contributed by atoms with Gasteiger partial charge in [0.1, 0.15) is 11.5 Å². The molecule has 0 fully saturated rings. The lowest BCUT2D eigenvalue weighted by atomic mass is 9.95. The lowest BCUT2D eigenvalue weighted by Gasteiger charge is -2.11. The van der Waals surface area contributed by atoms with Crippen molar-refractivity contribution < 1.29 is 10.2 Å². The maximum Gasteiger partial charge on any atom is 0.119 e. The predicted molar refractivity (Wildman–Crippen MR) is 110 cm³/mol. The summed E-state index contributed by atoms with van der Waals surface area (Å²) < 4.78 is 0. The lowest BCUT2D eigenvalue weighted by Crippen LogP contribution is -1.92. The number of benzene rings is 4. The topological polar surface area (TPSA) is 40.5 Å². The number of phenolic OH excluding ortho intramolecular Hbond substituents is 2. The molecular formula is C25H20O2. The van der Waals surface area contributed by atoms with Gasteiger partial charge in [0, 0.05) is 6.42 Å². The van der Waals surface area contributed by atoms with Gasteiger partial charge in [-0.15, -0.1) is 0 Å². The van der Waals surface area contributed by atoms with Crippen LogP contribution in [0.4, 0.5) is 0 Å². The summed E-state index contributed by atoms with van der Waals surface area (Å²) in [4.78, 5) is 0. The third kappa shape index (κ3) is 3.70. The van der Waals surface area contributed by atoms with Gasteiger partial charge in [-0.05, 0) is 57.6 Å². The van der Waals surface area contributed by atoms with Crippen molar-refractivity contribution in [2.45, 2.75) is 6.42 Å². The molecule has 0 unspecified atom stereocenters. The van der Waals surface area contributed by atoms with Gasteiger partial charge in [-0.3, -0.25) is 0 Å². The minimum absolute atomic E-state index is 0.235. The van der Waals surface area contributed by atoms with Crippen LogP contribution in [0.5, 0.6) is 11.5 Å². The van der Waals surface area contributed by atoms with Gasteiger partial charge in [-0.25, -0.2) is 0 Å². The standard InChI is InChI=1S/C25H20O2/c26-24-13-11-20(18-7-3-1-4-8-18)15-22(24)17-23-16-21(12-14-25(23)27)19-9-5-2-6-10-19/h1-16,26-27H,17H2.